The Kier molecular flexibility index (Phi) is 4.80. The fraction of sp³-hybridized carbons (Fsp3) is 0. The molecule has 4 heterocycles. The van der Waals surface area contributed by atoms with E-state index in [-0.39, 0.29) is 0 Å². The third kappa shape index (κ3) is 3.32. The molecule has 0 spiro atoms. The maximum atomic E-state index is 6.59. The lowest BCUT2D eigenvalue weighted by Gasteiger charge is -2.12. The SMILES string of the molecule is c1ccc(-c2nc(-c3ccccc3)nc(-n3c4c5cnccc5ccc4c4ccc5c6ccccc6oc5c43)n2)cc1. The molecule has 42 heavy (non-hydrogen) atoms. The predicted molar refractivity (Wildman–Crippen MR) is 168 cm³/mol. The summed E-state index contributed by atoms with van der Waals surface area (Å²) in [5, 5.41) is 6.36. The molecule has 0 saturated carbocycles. The average Bonchev–Trinajstić information content (AvgIpc) is 3.62. The van der Waals surface area contributed by atoms with Gasteiger partial charge in [0.05, 0.1) is 5.52 Å². The molecule has 6 nitrogen and oxygen atoms in total. The van der Waals surface area contributed by atoms with E-state index in [1.165, 1.54) is 0 Å². The molecule has 196 valence electrons. The summed E-state index contributed by atoms with van der Waals surface area (Å²) in [6.07, 6.45) is 3.74. The average molecular weight is 540 g/mol. The Morgan fingerprint density at radius 1 is 0.500 bits per heavy atom. The van der Waals surface area contributed by atoms with E-state index < -0.39 is 0 Å². The summed E-state index contributed by atoms with van der Waals surface area (Å²) in [7, 11) is 0. The third-order valence-electron chi connectivity index (χ3n) is 7.94. The second-order valence-corrected chi connectivity index (χ2v) is 10.3. The van der Waals surface area contributed by atoms with Gasteiger partial charge in [-0.05, 0) is 23.6 Å². The fourth-order valence-corrected chi connectivity index (χ4v) is 6.03. The van der Waals surface area contributed by atoms with Crippen LogP contribution in [0.4, 0.5) is 0 Å². The molecule has 9 aromatic rings. The molecule has 0 atom stereocenters. The van der Waals surface area contributed by atoms with Gasteiger partial charge in [-0.1, -0.05) is 97.1 Å². The summed E-state index contributed by atoms with van der Waals surface area (Å²) in [5.74, 6) is 1.72. The van der Waals surface area contributed by atoms with Crippen LogP contribution in [0.5, 0.6) is 0 Å². The third-order valence-corrected chi connectivity index (χ3v) is 7.94. The summed E-state index contributed by atoms with van der Waals surface area (Å²) in [4.78, 5) is 19.7. The van der Waals surface area contributed by atoms with E-state index in [0.717, 1.165) is 65.6 Å². The summed E-state index contributed by atoms with van der Waals surface area (Å²) >= 11 is 0. The number of benzene rings is 5. The first-order valence-electron chi connectivity index (χ1n) is 13.8. The van der Waals surface area contributed by atoms with Crippen molar-refractivity contribution in [3.8, 4) is 28.7 Å². The van der Waals surface area contributed by atoms with Gasteiger partial charge in [0.1, 0.15) is 11.1 Å². The molecule has 5 aromatic carbocycles. The Balaban J connectivity index is 1.49. The van der Waals surface area contributed by atoms with Crippen LogP contribution in [0, 0.1) is 0 Å². The maximum absolute atomic E-state index is 6.59. The molecular formula is C36H21N5O. The van der Waals surface area contributed by atoms with Gasteiger partial charge >= 0.3 is 0 Å². The smallest absolute Gasteiger partial charge is 0.238 e. The quantitative estimate of drug-likeness (QED) is 0.224. The summed E-state index contributed by atoms with van der Waals surface area (Å²) in [6.45, 7) is 0. The van der Waals surface area contributed by atoms with Crippen molar-refractivity contribution in [3.05, 3.63) is 128 Å². The van der Waals surface area contributed by atoms with Crippen LogP contribution in [0.25, 0.3) is 83.2 Å². The van der Waals surface area contributed by atoms with Crippen LogP contribution < -0.4 is 0 Å². The normalized spacial score (nSPS) is 11.8. The molecule has 0 aliphatic carbocycles. The highest BCUT2D eigenvalue weighted by molar-refractivity contribution is 6.25. The number of hydrogen-bond donors (Lipinski definition) is 0. The fourth-order valence-electron chi connectivity index (χ4n) is 6.03. The number of rotatable bonds is 3. The molecule has 0 bridgehead atoms. The number of nitrogens with zero attached hydrogens (tertiary/aromatic N) is 5. The van der Waals surface area contributed by atoms with E-state index in [9.17, 15) is 0 Å². The number of furan rings is 1. The molecule has 0 fully saturated rings. The molecule has 0 aliphatic rings. The highest BCUT2D eigenvalue weighted by atomic mass is 16.3. The van der Waals surface area contributed by atoms with E-state index in [2.05, 4.69) is 39.9 Å². The number of fused-ring (bicyclic) bond motifs is 9. The molecule has 0 saturated heterocycles. The van der Waals surface area contributed by atoms with Gasteiger partial charge in [0.25, 0.3) is 0 Å². The molecule has 0 unspecified atom stereocenters. The first-order chi connectivity index (χ1) is 20.8. The molecular weight excluding hydrogens is 518 g/mol. The Labute approximate surface area is 239 Å². The number of aromatic nitrogens is 5. The van der Waals surface area contributed by atoms with Crippen molar-refractivity contribution in [1.29, 1.82) is 0 Å². The topological polar surface area (TPSA) is 69.6 Å². The first-order valence-corrected chi connectivity index (χ1v) is 13.8. The summed E-state index contributed by atoms with van der Waals surface area (Å²) in [6, 6.07) is 38.9. The van der Waals surface area contributed by atoms with E-state index in [1.807, 2.05) is 97.3 Å². The van der Waals surface area contributed by atoms with Gasteiger partial charge in [0.15, 0.2) is 17.2 Å². The van der Waals surface area contributed by atoms with Crippen molar-refractivity contribution in [2.24, 2.45) is 0 Å². The second-order valence-electron chi connectivity index (χ2n) is 10.3. The Morgan fingerprint density at radius 2 is 1.14 bits per heavy atom. The van der Waals surface area contributed by atoms with Crippen molar-refractivity contribution in [2.45, 2.75) is 0 Å². The van der Waals surface area contributed by atoms with Crippen molar-refractivity contribution < 1.29 is 4.42 Å². The molecule has 0 N–H and O–H groups in total. The lowest BCUT2D eigenvalue weighted by atomic mass is 10.1. The van der Waals surface area contributed by atoms with Gasteiger partial charge in [-0.25, -0.2) is 4.98 Å². The molecule has 0 aliphatic heterocycles. The van der Waals surface area contributed by atoms with Crippen LogP contribution >= 0.6 is 0 Å². The van der Waals surface area contributed by atoms with Crippen LogP contribution in [0.3, 0.4) is 0 Å². The van der Waals surface area contributed by atoms with Crippen LogP contribution in [0.2, 0.25) is 0 Å². The van der Waals surface area contributed by atoms with E-state index >= 15 is 0 Å². The minimum absolute atomic E-state index is 0.520. The van der Waals surface area contributed by atoms with Crippen molar-refractivity contribution >= 4 is 54.5 Å². The lowest BCUT2D eigenvalue weighted by molar-refractivity contribution is 0.670. The largest absolute Gasteiger partial charge is 0.454 e. The minimum Gasteiger partial charge on any atom is -0.454 e. The van der Waals surface area contributed by atoms with Gasteiger partial charge in [0.2, 0.25) is 5.95 Å². The predicted octanol–water partition coefficient (Wildman–Crippen LogP) is 8.75. The van der Waals surface area contributed by atoms with Gasteiger partial charge in [0, 0.05) is 50.5 Å². The lowest BCUT2D eigenvalue weighted by Crippen LogP contribution is -2.06. The summed E-state index contributed by atoms with van der Waals surface area (Å²) in [5.41, 5.74) is 5.37. The first kappa shape index (κ1) is 22.9. The number of hydrogen-bond acceptors (Lipinski definition) is 5. The monoisotopic (exact) mass is 539 g/mol. The van der Waals surface area contributed by atoms with Gasteiger partial charge in [-0.15, -0.1) is 0 Å². The highest BCUT2D eigenvalue weighted by Crippen LogP contribution is 2.42. The van der Waals surface area contributed by atoms with E-state index in [4.69, 9.17) is 19.4 Å². The van der Waals surface area contributed by atoms with Crippen LogP contribution in [-0.4, -0.2) is 24.5 Å². The van der Waals surface area contributed by atoms with E-state index in [0.29, 0.717) is 17.6 Å². The molecule has 9 rings (SSSR count). The van der Waals surface area contributed by atoms with Crippen LogP contribution in [0.1, 0.15) is 0 Å². The van der Waals surface area contributed by atoms with Gasteiger partial charge < -0.3 is 4.42 Å². The van der Waals surface area contributed by atoms with Gasteiger partial charge in [-0.2, -0.15) is 9.97 Å². The molecule has 0 radical (unpaired) electrons. The standard InChI is InChI=1S/C36H21N5O/c1-3-9-23(10-4-1)34-38-35(24-11-5-2-6-12-24)40-36(39-34)41-31-26(16-15-22-19-20-37-21-29(22)31)27-17-18-28-25-13-7-8-14-30(25)42-33(28)32(27)41/h1-21H. The Morgan fingerprint density at radius 3 is 1.90 bits per heavy atom. The Hall–Kier alpha value is -5.88. The summed E-state index contributed by atoms with van der Waals surface area (Å²) < 4.78 is 8.73. The number of pyridine rings is 1. The molecule has 6 heteroatoms. The molecule has 4 aromatic heterocycles. The van der Waals surface area contributed by atoms with Crippen LogP contribution in [-0.2, 0) is 0 Å². The van der Waals surface area contributed by atoms with Crippen molar-refractivity contribution in [1.82, 2.24) is 24.5 Å². The highest BCUT2D eigenvalue weighted by Gasteiger charge is 2.23. The Bertz CT molecular complexity index is 2400. The second kappa shape index (κ2) is 8.81. The van der Waals surface area contributed by atoms with E-state index in [1.54, 1.807) is 0 Å². The number of para-hydroxylation sites is 1. The zero-order valence-electron chi connectivity index (χ0n) is 22.3. The van der Waals surface area contributed by atoms with Crippen molar-refractivity contribution in [3.63, 3.8) is 0 Å². The van der Waals surface area contributed by atoms with Crippen LogP contribution in [0.15, 0.2) is 132 Å². The van der Waals surface area contributed by atoms with Gasteiger partial charge in [-0.3, -0.25) is 9.55 Å². The zero-order chi connectivity index (χ0) is 27.6. The molecule has 0 amide bonds. The van der Waals surface area contributed by atoms with Crippen molar-refractivity contribution in [2.75, 3.05) is 0 Å². The minimum atomic E-state index is 0.520. The maximum Gasteiger partial charge on any atom is 0.238 e. The zero-order valence-corrected chi connectivity index (χ0v) is 22.3.